The fourth-order valence-corrected chi connectivity index (χ4v) is 3.31. The van der Waals surface area contributed by atoms with Crippen LogP contribution in [0, 0.1) is 6.92 Å². The lowest BCUT2D eigenvalue weighted by Crippen LogP contribution is -2.02. The molecule has 0 aliphatic carbocycles. The Morgan fingerprint density at radius 1 is 1.24 bits per heavy atom. The minimum atomic E-state index is -0.992. The number of aryl methyl sites for hydroxylation is 1. The van der Waals surface area contributed by atoms with E-state index in [2.05, 4.69) is 15.5 Å². The Balaban J connectivity index is 1.81. The van der Waals surface area contributed by atoms with E-state index in [4.69, 9.17) is 16.7 Å². The summed E-state index contributed by atoms with van der Waals surface area (Å²) >= 11 is 7.68. The lowest BCUT2D eigenvalue weighted by atomic mass is 10.1. The van der Waals surface area contributed by atoms with Crippen LogP contribution in [0.2, 0.25) is 5.02 Å². The number of thiazole rings is 1. The van der Waals surface area contributed by atoms with E-state index in [-0.39, 0.29) is 5.56 Å². The molecule has 5 nitrogen and oxygen atoms in total. The van der Waals surface area contributed by atoms with Gasteiger partial charge in [0.1, 0.15) is 0 Å². The molecule has 0 saturated carbocycles. The molecule has 25 heavy (non-hydrogen) atoms. The smallest absolute Gasteiger partial charge is 0.336 e. The molecule has 2 aromatic carbocycles. The van der Waals surface area contributed by atoms with Crippen molar-refractivity contribution in [1.29, 1.82) is 0 Å². The molecule has 0 spiro atoms. The Labute approximate surface area is 153 Å². The summed E-state index contributed by atoms with van der Waals surface area (Å²) < 4.78 is 0. The molecule has 3 rings (SSSR count). The maximum absolute atomic E-state index is 11.2. The predicted octanol–water partition coefficient (Wildman–Crippen LogP) is 4.92. The van der Waals surface area contributed by atoms with Gasteiger partial charge in [0.25, 0.3) is 0 Å². The van der Waals surface area contributed by atoms with Gasteiger partial charge in [-0.3, -0.25) is 5.43 Å². The van der Waals surface area contributed by atoms with E-state index >= 15 is 0 Å². The summed E-state index contributed by atoms with van der Waals surface area (Å²) in [4.78, 5) is 16.7. The van der Waals surface area contributed by atoms with E-state index < -0.39 is 5.97 Å². The van der Waals surface area contributed by atoms with Gasteiger partial charge < -0.3 is 5.11 Å². The number of carbonyl (C=O) groups is 1. The first kappa shape index (κ1) is 17.1. The molecule has 0 radical (unpaired) electrons. The Morgan fingerprint density at radius 2 is 1.96 bits per heavy atom. The zero-order valence-electron chi connectivity index (χ0n) is 13.2. The first-order valence-corrected chi connectivity index (χ1v) is 8.59. The van der Waals surface area contributed by atoms with Crippen molar-refractivity contribution in [2.45, 2.75) is 6.92 Å². The Bertz CT molecular complexity index is 953. The number of hydrogen-bond acceptors (Lipinski definition) is 5. The van der Waals surface area contributed by atoms with E-state index in [0.717, 1.165) is 16.1 Å². The minimum absolute atomic E-state index is 0.195. The van der Waals surface area contributed by atoms with Crippen LogP contribution in [0.3, 0.4) is 0 Å². The van der Waals surface area contributed by atoms with Crippen LogP contribution in [0.25, 0.3) is 11.3 Å². The second kappa shape index (κ2) is 7.46. The number of aromatic nitrogens is 1. The highest BCUT2D eigenvalue weighted by Gasteiger charge is 2.12. The molecule has 2 N–H and O–H groups in total. The lowest BCUT2D eigenvalue weighted by Gasteiger charge is -2.01. The maximum Gasteiger partial charge on any atom is 0.336 e. The highest BCUT2D eigenvalue weighted by molar-refractivity contribution is 7.16. The summed E-state index contributed by atoms with van der Waals surface area (Å²) in [5.41, 5.74) is 5.23. The zero-order valence-corrected chi connectivity index (χ0v) is 14.8. The normalized spacial score (nSPS) is 11.0. The van der Waals surface area contributed by atoms with E-state index in [1.54, 1.807) is 18.2 Å². The summed E-state index contributed by atoms with van der Waals surface area (Å²) in [7, 11) is 0. The number of carboxylic acids is 1. The summed E-state index contributed by atoms with van der Waals surface area (Å²) in [5, 5.41) is 14.5. The zero-order chi connectivity index (χ0) is 17.8. The third-order valence-electron chi connectivity index (χ3n) is 3.48. The number of anilines is 1. The van der Waals surface area contributed by atoms with Gasteiger partial charge >= 0.3 is 5.97 Å². The van der Waals surface area contributed by atoms with Crippen molar-refractivity contribution in [3.63, 3.8) is 0 Å². The SMILES string of the molecule is Cc1sc(N/N=C/c2ccccc2C(=O)O)nc1-c1ccccc1Cl. The molecule has 0 bridgehead atoms. The monoisotopic (exact) mass is 371 g/mol. The first-order valence-electron chi connectivity index (χ1n) is 7.40. The van der Waals surface area contributed by atoms with E-state index in [9.17, 15) is 4.79 Å². The van der Waals surface area contributed by atoms with Crippen molar-refractivity contribution in [3.05, 3.63) is 69.6 Å². The standard InChI is InChI=1S/C18H14ClN3O2S/c1-11-16(14-8-4-5-9-15(14)19)21-18(25-11)22-20-10-12-6-2-3-7-13(12)17(23)24/h2-10H,1H3,(H,21,22)(H,23,24)/b20-10+. The number of hydrazone groups is 1. The number of nitrogens with zero attached hydrogens (tertiary/aromatic N) is 2. The van der Waals surface area contributed by atoms with Crippen molar-refractivity contribution < 1.29 is 9.90 Å². The van der Waals surface area contributed by atoms with Gasteiger partial charge in [-0.25, -0.2) is 9.78 Å². The molecule has 0 unspecified atom stereocenters. The molecule has 0 amide bonds. The van der Waals surface area contributed by atoms with Gasteiger partial charge in [0.05, 0.1) is 17.5 Å². The number of benzene rings is 2. The summed E-state index contributed by atoms with van der Waals surface area (Å²) in [6, 6.07) is 14.2. The van der Waals surface area contributed by atoms with Gasteiger partial charge in [0, 0.05) is 21.0 Å². The average Bonchev–Trinajstić information content (AvgIpc) is 2.96. The van der Waals surface area contributed by atoms with Gasteiger partial charge in [-0.05, 0) is 19.1 Å². The quantitative estimate of drug-likeness (QED) is 0.493. The Kier molecular flexibility index (Phi) is 5.11. The molecule has 0 aliphatic rings. The minimum Gasteiger partial charge on any atom is -0.478 e. The van der Waals surface area contributed by atoms with Gasteiger partial charge in [-0.15, -0.1) is 11.3 Å². The van der Waals surface area contributed by atoms with Crippen LogP contribution in [0.15, 0.2) is 53.6 Å². The van der Waals surface area contributed by atoms with Gasteiger partial charge in [-0.1, -0.05) is 48.0 Å². The maximum atomic E-state index is 11.2. The molecule has 0 saturated heterocycles. The third kappa shape index (κ3) is 3.87. The van der Waals surface area contributed by atoms with Crippen molar-refractivity contribution >= 4 is 40.3 Å². The fourth-order valence-electron chi connectivity index (χ4n) is 2.31. The lowest BCUT2D eigenvalue weighted by molar-refractivity contribution is 0.0697. The van der Waals surface area contributed by atoms with Crippen LogP contribution in [-0.2, 0) is 0 Å². The summed E-state index contributed by atoms with van der Waals surface area (Å²) in [6.07, 6.45) is 1.47. The van der Waals surface area contributed by atoms with E-state index in [1.165, 1.54) is 23.6 Å². The van der Waals surface area contributed by atoms with Crippen LogP contribution < -0.4 is 5.43 Å². The molecule has 0 fully saturated rings. The van der Waals surface area contributed by atoms with E-state index in [0.29, 0.717) is 15.7 Å². The largest absolute Gasteiger partial charge is 0.478 e. The van der Waals surface area contributed by atoms with Crippen molar-refractivity contribution in [3.8, 4) is 11.3 Å². The van der Waals surface area contributed by atoms with Crippen LogP contribution in [0.4, 0.5) is 5.13 Å². The van der Waals surface area contributed by atoms with E-state index in [1.807, 2.05) is 31.2 Å². The number of nitrogens with one attached hydrogen (secondary N) is 1. The van der Waals surface area contributed by atoms with Gasteiger partial charge in [0.2, 0.25) is 5.13 Å². The Morgan fingerprint density at radius 3 is 2.72 bits per heavy atom. The Hall–Kier alpha value is -2.70. The van der Waals surface area contributed by atoms with Crippen LogP contribution in [-0.4, -0.2) is 22.3 Å². The van der Waals surface area contributed by atoms with Crippen molar-refractivity contribution in [2.75, 3.05) is 5.43 Å². The number of carboxylic acid groups (broad SMARTS) is 1. The van der Waals surface area contributed by atoms with Gasteiger partial charge in [-0.2, -0.15) is 5.10 Å². The molecular weight excluding hydrogens is 358 g/mol. The second-order valence-corrected chi connectivity index (χ2v) is 6.78. The number of halogens is 1. The highest BCUT2D eigenvalue weighted by atomic mass is 35.5. The molecule has 0 aliphatic heterocycles. The molecule has 1 aromatic heterocycles. The molecular formula is C18H14ClN3O2S. The predicted molar refractivity (Wildman–Crippen MR) is 102 cm³/mol. The second-order valence-electron chi connectivity index (χ2n) is 5.17. The molecule has 126 valence electrons. The summed E-state index contributed by atoms with van der Waals surface area (Å²) in [6.45, 7) is 1.96. The van der Waals surface area contributed by atoms with Crippen LogP contribution in [0.1, 0.15) is 20.8 Å². The van der Waals surface area contributed by atoms with Crippen LogP contribution in [0.5, 0.6) is 0 Å². The average molecular weight is 372 g/mol. The summed E-state index contributed by atoms with van der Waals surface area (Å²) in [5.74, 6) is -0.992. The molecule has 1 heterocycles. The molecule has 3 aromatic rings. The van der Waals surface area contributed by atoms with Crippen molar-refractivity contribution in [2.24, 2.45) is 5.10 Å². The van der Waals surface area contributed by atoms with Gasteiger partial charge in [0.15, 0.2) is 0 Å². The number of hydrogen-bond donors (Lipinski definition) is 2. The van der Waals surface area contributed by atoms with Crippen molar-refractivity contribution in [1.82, 2.24) is 4.98 Å². The number of aromatic carboxylic acids is 1. The molecule has 7 heteroatoms. The number of rotatable bonds is 5. The highest BCUT2D eigenvalue weighted by Crippen LogP contribution is 2.34. The van der Waals surface area contributed by atoms with Crippen LogP contribution >= 0.6 is 22.9 Å². The third-order valence-corrected chi connectivity index (χ3v) is 4.69. The first-order chi connectivity index (χ1) is 12.1. The molecule has 0 atom stereocenters. The fraction of sp³-hybridized carbons (Fsp3) is 0.0556. The topological polar surface area (TPSA) is 74.6 Å².